The number of hydrogen-bond acceptors (Lipinski definition) is 2. The summed E-state index contributed by atoms with van der Waals surface area (Å²) in [6.07, 6.45) is 3.15. The van der Waals surface area contributed by atoms with Crippen LogP contribution in [0, 0.1) is 5.82 Å². The largest absolute Gasteiger partial charge is 0.462 e. The molecular weight excluding hydrogens is 352 g/mol. The normalized spacial score (nSPS) is 11.0. The Balaban J connectivity index is 1.56. The monoisotopic (exact) mass is 365 g/mol. The predicted octanol–water partition coefficient (Wildman–Crippen LogP) is 5.40. The maximum Gasteiger partial charge on any atom is 0.338 e. The Morgan fingerprint density at radius 3 is 2.62 bits per heavy atom. The SMILES string of the molecule is O=C(OCCCc1c[nH]c2ccc(F)cc12)c1cc(Cl)cc(Cl)c1. The van der Waals surface area contributed by atoms with E-state index in [2.05, 4.69) is 4.98 Å². The molecule has 1 aromatic heterocycles. The van der Waals surface area contributed by atoms with Gasteiger partial charge in [-0.25, -0.2) is 9.18 Å². The lowest BCUT2D eigenvalue weighted by Gasteiger charge is -2.06. The van der Waals surface area contributed by atoms with Gasteiger partial charge in [0.1, 0.15) is 5.82 Å². The average Bonchev–Trinajstić information content (AvgIpc) is 2.92. The van der Waals surface area contributed by atoms with E-state index in [1.165, 1.54) is 24.3 Å². The molecule has 0 radical (unpaired) electrons. The van der Waals surface area contributed by atoms with Gasteiger partial charge in [-0.3, -0.25) is 0 Å². The number of hydrogen-bond donors (Lipinski definition) is 1. The maximum absolute atomic E-state index is 13.3. The van der Waals surface area contributed by atoms with Crippen molar-refractivity contribution in [2.45, 2.75) is 12.8 Å². The van der Waals surface area contributed by atoms with E-state index in [1.807, 2.05) is 6.20 Å². The number of aromatic amines is 1. The number of aromatic nitrogens is 1. The number of ether oxygens (including phenoxy) is 1. The zero-order valence-corrected chi connectivity index (χ0v) is 14.1. The molecule has 3 nitrogen and oxygen atoms in total. The molecule has 0 amide bonds. The highest BCUT2D eigenvalue weighted by molar-refractivity contribution is 6.35. The van der Waals surface area contributed by atoms with Crippen molar-refractivity contribution in [1.29, 1.82) is 0 Å². The highest BCUT2D eigenvalue weighted by atomic mass is 35.5. The molecule has 0 saturated carbocycles. The molecule has 0 aliphatic carbocycles. The van der Waals surface area contributed by atoms with Gasteiger partial charge in [-0.1, -0.05) is 23.2 Å². The highest BCUT2D eigenvalue weighted by Crippen LogP contribution is 2.21. The van der Waals surface area contributed by atoms with Gasteiger partial charge in [-0.2, -0.15) is 0 Å². The summed E-state index contributed by atoms with van der Waals surface area (Å²) in [4.78, 5) is 15.1. The second kappa shape index (κ2) is 7.24. The number of carbonyl (C=O) groups is 1. The molecule has 1 N–H and O–H groups in total. The van der Waals surface area contributed by atoms with Crippen LogP contribution in [-0.4, -0.2) is 17.6 Å². The number of esters is 1. The van der Waals surface area contributed by atoms with Crippen LogP contribution in [0.15, 0.2) is 42.6 Å². The number of halogens is 3. The smallest absolute Gasteiger partial charge is 0.338 e. The molecule has 0 aliphatic rings. The molecule has 1 heterocycles. The summed E-state index contributed by atoms with van der Waals surface area (Å²) in [6, 6.07) is 9.20. The van der Waals surface area contributed by atoms with E-state index in [0.29, 0.717) is 28.5 Å². The molecule has 3 rings (SSSR count). The van der Waals surface area contributed by atoms with Crippen molar-refractivity contribution in [2.24, 2.45) is 0 Å². The van der Waals surface area contributed by atoms with Crippen molar-refractivity contribution in [3.8, 4) is 0 Å². The minimum Gasteiger partial charge on any atom is -0.462 e. The number of rotatable bonds is 5. The van der Waals surface area contributed by atoms with Crippen molar-refractivity contribution in [3.05, 3.63) is 69.6 Å². The lowest BCUT2D eigenvalue weighted by molar-refractivity contribution is 0.0500. The van der Waals surface area contributed by atoms with E-state index in [0.717, 1.165) is 16.5 Å². The Morgan fingerprint density at radius 1 is 1.12 bits per heavy atom. The molecule has 124 valence electrons. The summed E-state index contributed by atoms with van der Waals surface area (Å²) in [6.45, 7) is 0.255. The maximum atomic E-state index is 13.3. The van der Waals surface area contributed by atoms with Crippen LogP contribution in [0.4, 0.5) is 4.39 Å². The van der Waals surface area contributed by atoms with Gasteiger partial charge in [-0.15, -0.1) is 0 Å². The molecule has 2 aromatic carbocycles. The van der Waals surface area contributed by atoms with Gasteiger partial charge >= 0.3 is 5.97 Å². The standard InChI is InChI=1S/C18H14Cl2FNO2/c19-13-6-12(7-14(20)8-13)18(23)24-5-1-2-11-10-22-17-4-3-15(21)9-16(11)17/h3-4,6-10,22H,1-2,5H2. The van der Waals surface area contributed by atoms with Crippen LogP contribution in [-0.2, 0) is 11.2 Å². The van der Waals surface area contributed by atoms with Crippen LogP contribution < -0.4 is 0 Å². The molecule has 0 atom stereocenters. The third kappa shape index (κ3) is 3.89. The minimum absolute atomic E-state index is 0.255. The Labute approximate surface area is 148 Å². The number of aryl methyl sites for hydroxylation is 1. The summed E-state index contributed by atoms with van der Waals surface area (Å²) < 4.78 is 18.6. The number of carbonyl (C=O) groups excluding carboxylic acids is 1. The number of nitrogens with one attached hydrogen (secondary N) is 1. The number of H-pyrrole nitrogens is 1. The van der Waals surface area contributed by atoms with Crippen molar-refractivity contribution in [1.82, 2.24) is 4.98 Å². The van der Waals surface area contributed by atoms with Gasteiger partial charge in [0.2, 0.25) is 0 Å². The van der Waals surface area contributed by atoms with Gasteiger partial charge in [0.05, 0.1) is 12.2 Å². The molecule has 6 heteroatoms. The van der Waals surface area contributed by atoms with E-state index >= 15 is 0 Å². The molecule has 0 unspecified atom stereocenters. The molecule has 0 bridgehead atoms. The lowest BCUT2D eigenvalue weighted by Crippen LogP contribution is -2.07. The number of benzene rings is 2. The van der Waals surface area contributed by atoms with Crippen molar-refractivity contribution >= 4 is 40.1 Å². The Morgan fingerprint density at radius 2 is 1.88 bits per heavy atom. The zero-order chi connectivity index (χ0) is 17.1. The zero-order valence-electron chi connectivity index (χ0n) is 12.6. The minimum atomic E-state index is -0.468. The van der Waals surface area contributed by atoms with E-state index in [-0.39, 0.29) is 12.4 Å². The summed E-state index contributed by atoms with van der Waals surface area (Å²) in [5.74, 6) is -0.739. The fourth-order valence-electron chi connectivity index (χ4n) is 2.54. The molecule has 3 aromatic rings. The summed E-state index contributed by atoms with van der Waals surface area (Å²) in [5.41, 5.74) is 2.20. The first-order valence-corrected chi connectivity index (χ1v) is 8.17. The van der Waals surface area contributed by atoms with Crippen LogP contribution in [0.3, 0.4) is 0 Å². The van der Waals surface area contributed by atoms with E-state index < -0.39 is 5.97 Å². The second-order valence-corrected chi connectivity index (χ2v) is 6.27. The van der Waals surface area contributed by atoms with E-state index in [1.54, 1.807) is 12.1 Å². The number of fused-ring (bicyclic) bond motifs is 1. The van der Waals surface area contributed by atoms with Gasteiger partial charge < -0.3 is 9.72 Å². The van der Waals surface area contributed by atoms with Crippen LogP contribution in [0.5, 0.6) is 0 Å². The lowest BCUT2D eigenvalue weighted by atomic mass is 10.1. The van der Waals surface area contributed by atoms with Gasteiger partial charge in [0.15, 0.2) is 0 Å². The Hall–Kier alpha value is -2.04. The Bertz CT molecular complexity index is 872. The highest BCUT2D eigenvalue weighted by Gasteiger charge is 2.10. The quantitative estimate of drug-likeness (QED) is 0.485. The van der Waals surface area contributed by atoms with Crippen molar-refractivity contribution in [3.63, 3.8) is 0 Å². The van der Waals surface area contributed by atoms with E-state index in [4.69, 9.17) is 27.9 Å². The van der Waals surface area contributed by atoms with Crippen molar-refractivity contribution < 1.29 is 13.9 Å². The predicted molar refractivity (Wildman–Crippen MR) is 93.3 cm³/mol. The first kappa shape index (κ1) is 16.8. The second-order valence-electron chi connectivity index (χ2n) is 5.40. The summed E-state index contributed by atoms with van der Waals surface area (Å²) in [7, 11) is 0. The fraction of sp³-hybridized carbons (Fsp3) is 0.167. The molecule has 0 fully saturated rings. The molecule has 0 saturated heterocycles. The molecular formula is C18H14Cl2FNO2. The van der Waals surface area contributed by atoms with Gasteiger partial charge in [0.25, 0.3) is 0 Å². The first-order chi connectivity index (χ1) is 11.5. The van der Waals surface area contributed by atoms with Crippen molar-refractivity contribution in [2.75, 3.05) is 6.61 Å². The van der Waals surface area contributed by atoms with E-state index in [9.17, 15) is 9.18 Å². The van der Waals surface area contributed by atoms with Crippen LogP contribution >= 0.6 is 23.2 Å². The molecule has 0 spiro atoms. The third-order valence-electron chi connectivity index (χ3n) is 3.65. The van der Waals surface area contributed by atoms with Crippen LogP contribution in [0.25, 0.3) is 10.9 Å². The van der Waals surface area contributed by atoms with Gasteiger partial charge in [-0.05, 0) is 54.8 Å². The third-order valence-corrected chi connectivity index (χ3v) is 4.09. The molecule has 24 heavy (non-hydrogen) atoms. The fourth-order valence-corrected chi connectivity index (χ4v) is 3.07. The topological polar surface area (TPSA) is 42.1 Å². The molecule has 0 aliphatic heterocycles. The summed E-state index contributed by atoms with van der Waals surface area (Å²) >= 11 is 11.7. The first-order valence-electron chi connectivity index (χ1n) is 7.41. The van der Waals surface area contributed by atoms with Gasteiger partial charge in [0, 0.05) is 27.1 Å². The summed E-state index contributed by atoms with van der Waals surface area (Å²) in [5, 5.41) is 1.62. The average molecular weight is 366 g/mol. The Kier molecular flexibility index (Phi) is 5.07. The van der Waals surface area contributed by atoms with Crippen LogP contribution in [0.2, 0.25) is 10.0 Å². The van der Waals surface area contributed by atoms with Crippen LogP contribution in [0.1, 0.15) is 22.3 Å².